The minimum Gasteiger partial charge on any atom is -0.331 e. The molecular formula is C22H15FN4O. The summed E-state index contributed by atoms with van der Waals surface area (Å²) in [7, 11) is 1.77. The van der Waals surface area contributed by atoms with Crippen molar-refractivity contribution >= 4 is 16.9 Å². The summed E-state index contributed by atoms with van der Waals surface area (Å²) >= 11 is 0. The van der Waals surface area contributed by atoms with Gasteiger partial charge in [-0.1, -0.05) is 12.0 Å². The van der Waals surface area contributed by atoms with Gasteiger partial charge in [0.05, 0.1) is 28.7 Å². The fraction of sp³-hybridized carbons (Fsp3) is 0.227. The molecule has 2 aliphatic heterocycles. The van der Waals surface area contributed by atoms with Gasteiger partial charge in [-0.25, -0.2) is 9.37 Å². The lowest BCUT2D eigenvalue weighted by Crippen LogP contribution is -2.30. The van der Waals surface area contributed by atoms with Crippen LogP contribution >= 0.6 is 0 Å². The second kappa shape index (κ2) is 5.68. The molecule has 2 aliphatic rings. The van der Waals surface area contributed by atoms with Crippen molar-refractivity contribution in [2.45, 2.75) is 25.4 Å². The van der Waals surface area contributed by atoms with Crippen molar-refractivity contribution in [3.8, 4) is 17.9 Å². The zero-order valence-electron chi connectivity index (χ0n) is 15.3. The SMILES string of the molecule is CC#Cc1cccc2c1C1CC(c3nc4cc(F)c(C#N)cc4n31)N(C)C2=O. The molecule has 1 aromatic heterocycles. The number of aromatic nitrogens is 2. The quantitative estimate of drug-likeness (QED) is 0.569. The number of carbonyl (C=O) groups excluding carboxylic acids is 1. The fourth-order valence-corrected chi connectivity index (χ4v) is 4.47. The highest BCUT2D eigenvalue weighted by Crippen LogP contribution is 2.48. The Morgan fingerprint density at radius 1 is 1.25 bits per heavy atom. The Labute approximate surface area is 161 Å². The van der Waals surface area contributed by atoms with Crippen LogP contribution in [0.15, 0.2) is 30.3 Å². The molecule has 136 valence electrons. The van der Waals surface area contributed by atoms with Crippen LogP contribution < -0.4 is 0 Å². The summed E-state index contributed by atoms with van der Waals surface area (Å²) in [5.74, 6) is 6.11. The van der Waals surface area contributed by atoms with Gasteiger partial charge in [0.1, 0.15) is 17.7 Å². The van der Waals surface area contributed by atoms with Crippen molar-refractivity contribution < 1.29 is 9.18 Å². The summed E-state index contributed by atoms with van der Waals surface area (Å²) in [5, 5.41) is 9.25. The summed E-state index contributed by atoms with van der Waals surface area (Å²) in [6, 6.07) is 9.98. The van der Waals surface area contributed by atoms with E-state index in [1.165, 1.54) is 6.07 Å². The summed E-state index contributed by atoms with van der Waals surface area (Å²) in [5.41, 5.74) is 3.49. The molecule has 6 heteroatoms. The standard InChI is InChI=1S/C22H15FN4O/c1-3-5-12-6-4-7-14-20(12)18-10-19(26(2)22(14)28)21-25-16-9-15(23)13(11-24)8-17(16)27(18)21/h4,6-9,18-19H,10H2,1-2H3. The Kier molecular flexibility index (Phi) is 3.35. The largest absolute Gasteiger partial charge is 0.331 e. The van der Waals surface area contributed by atoms with Crippen LogP contribution in [0.25, 0.3) is 11.0 Å². The maximum atomic E-state index is 14.1. The van der Waals surface area contributed by atoms with Crippen LogP contribution in [0, 0.1) is 29.0 Å². The summed E-state index contributed by atoms with van der Waals surface area (Å²) in [6.45, 7) is 1.77. The van der Waals surface area contributed by atoms with E-state index in [-0.39, 0.29) is 23.6 Å². The van der Waals surface area contributed by atoms with Gasteiger partial charge < -0.3 is 9.47 Å². The molecule has 0 N–H and O–H groups in total. The number of rotatable bonds is 0. The third-order valence-corrected chi connectivity index (χ3v) is 5.70. The number of nitriles is 1. The van der Waals surface area contributed by atoms with Gasteiger partial charge in [-0.3, -0.25) is 4.79 Å². The van der Waals surface area contributed by atoms with E-state index in [4.69, 9.17) is 0 Å². The molecular weight excluding hydrogens is 355 g/mol. The zero-order valence-corrected chi connectivity index (χ0v) is 15.3. The van der Waals surface area contributed by atoms with E-state index < -0.39 is 5.82 Å². The van der Waals surface area contributed by atoms with Gasteiger partial charge >= 0.3 is 0 Å². The van der Waals surface area contributed by atoms with Gasteiger partial charge in [-0.2, -0.15) is 5.26 Å². The van der Waals surface area contributed by atoms with Crippen molar-refractivity contribution in [3.63, 3.8) is 0 Å². The van der Waals surface area contributed by atoms with Crippen LogP contribution in [-0.4, -0.2) is 27.4 Å². The molecule has 0 fully saturated rings. The lowest BCUT2D eigenvalue weighted by atomic mass is 9.93. The number of halogens is 1. The molecule has 3 aromatic rings. The molecule has 2 aromatic carbocycles. The number of hydrogen-bond donors (Lipinski definition) is 0. The molecule has 0 radical (unpaired) electrons. The second-order valence-corrected chi connectivity index (χ2v) is 7.10. The third-order valence-electron chi connectivity index (χ3n) is 5.70. The van der Waals surface area contributed by atoms with Crippen molar-refractivity contribution in [3.05, 3.63) is 64.2 Å². The molecule has 28 heavy (non-hydrogen) atoms. The van der Waals surface area contributed by atoms with Crippen LogP contribution in [-0.2, 0) is 0 Å². The molecule has 5 rings (SSSR count). The molecule has 0 saturated carbocycles. The molecule has 0 aliphatic carbocycles. The Morgan fingerprint density at radius 2 is 2.07 bits per heavy atom. The van der Waals surface area contributed by atoms with Crippen molar-refractivity contribution in [1.82, 2.24) is 14.5 Å². The zero-order chi connectivity index (χ0) is 19.6. The third kappa shape index (κ3) is 2.00. The van der Waals surface area contributed by atoms with Crippen LogP contribution in [0.5, 0.6) is 0 Å². The number of carbonyl (C=O) groups is 1. The summed E-state index contributed by atoms with van der Waals surface area (Å²) in [4.78, 5) is 19.4. The maximum absolute atomic E-state index is 14.1. The summed E-state index contributed by atoms with van der Waals surface area (Å²) < 4.78 is 16.2. The number of imidazole rings is 1. The Hall–Kier alpha value is -3.64. The van der Waals surface area contributed by atoms with E-state index in [0.29, 0.717) is 23.0 Å². The second-order valence-electron chi connectivity index (χ2n) is 7.10. The number of benzene rings is 2. The number of nitrogens with zero attached hydrogens (tertiary/aromatic N) is 4. The van der Waals surface area contributed by atoms with Crippen molar-refractivity contribution in [1.29, 1.82) is 5.26 Å². The van der Waals surface area contributed by atoms with Crippen molar-refractivity contribution in [2.75, 3.05) is 7.05 Å². The predicted octanol–water partition coefficient (Wildman–Crippen LogP) is 3.54. The van der Waals surface area contributed by atoms with E-state index in [2.05, 4.69) is 16.8 Å². The molecule has 2 bridgehead atoms. The summed E-state index contributed by atoms with van der Waals surface area (Å²) in [6.07, 6.45) is 0.676. The molecule has 5 nitrogen and oxygen atoms in total. The first-order valence-electron chi connectivity index (χ1n) is 8.99. The Morgan fingerprint density at radius 3 is 2.82 bits per heavy atom. The normalized spacial score (nSPS) is 19.5. The van der Waals surface area contributed by atoms with Crippen LogP contribution in [0.3, 0.4) is 0 Å². The van der Waals surface area contributed by atoms with Gasteiger partial charge in [0.15, 0.2) is 0 Å². The first kappa shape index (κ1) is 16.5. The molecule has 2 unspecified atom stereocenters. The van der Waals surface area contributed by atoms with Gasteiger partial charge in [0, 0.05) is 36.2 Å². The molecule has 1 amide bonds. The topological polar surface area (TPSA) is 61.9 Å². The van der Waals surface area contributed by atoms with Gasteiger partial charge in [0.25, 0.3) is 5.91 Å². The van der Waals surface area contributed by atoms with E-state index >= 15 is 0 Å². The number of hydrogen-bond acceptors (Lipinski definition) is 3. The lowest BCUT2D eigenvalue weighted by Gasteiger charge is -2.24. The monoisotopic (exact) mass is 370 g/mol. The smallest absolute Gasteiger partial charge is 0.254 e. The minimum atomic E-state index is -0.586. The molecule has 0 spiro atoms. The first-order valence-corrected chi connectivity index (χ1v) is 8.99. The molecule has 2 atom stereocenters. The highest BCUT2D eigenvalue weighted by molar-refractivity contribution is 5.97. The average Bonchev–Trinajstić information content (AvgIpc) is 3.19. The predicted molar refractivity (Wildman–Crippen MR) is 101 cm³/mol. The highest BCUT2D eigenvalue weighted by atomic mass is 19.1. The lowest BCUT2D eigenvalue weighted by molar-refractivity contribution is 0.0734. The van der Waals surface area contributed by atoms with Crippen LogP contribution in [0.4, 0.5) is 4.39 Å². The van der Waals surface area contributed by atoms with Crippen LogP contribution in [0.2, 0.25) is 0 Å². The average molecular weight is 370 g/mol. The highest BCUT2D eigenvalue weighted by Gasteiger charge is 2.44. The molecule has 0 saturated heterocycles. The van der Waals surface area contributed by atoms with E-state index in [0.717, 1.165) is 17.0 Å². The van der Waals surface area contributed by atoms with Gasteiger partial charge in [-0.15, -0.1) is 5.92 Å². The van der Waals surface area contributed by atoms with E-state index in [9.17, 15) is 14.4 Å². The van der Waals surface area contributed by atoms with E-state index in [1.54, 1.807) is 24.9 Å². The number of amides is 1. The van der Waals surface area contributed by atoms with E-state index in [1.807, 2.05) is 28.8 Å². The maximum Gasteiger partial charge on any atom is 0.254 e. The van der Waals surface area contributed by atoms with Gasteiger partial charge in [0.2, 0.25) is 0 Å². The number of fused-ring (bicyclic) bond motifs is 9. The first-order chi connectivity index (χ1) is 13.5. The minimum absolute atomic E-state index is 0.0132. The van der Waals surface area contributed by atoms with Crippen molar-refractivity contribution in [2.24, 2.45) is 0 Å². The molecule has 3 heterocycles. The van der Waals surface area contributed by atoms with Gasteiger partial charge in [-0.05, 0) is 25.1 Å². The Bertz CT molecular complexity index is 1290. The fourth-order valence-electron chi connectivity index (χ4n) is 4.47. The van der Waals surface area contributed by atoms with Crippen LogP contribution in [0.1, 0.15) is 58.3 Å². The Balaban J connectivity index is 1.88.